The molecule has 1 fully saturated rings. The Kier molecular flexibility index (Phi) is 5.65. The van der Waals surface area contributed by atoms with Crippen molar-refractivity contribution in [1.82, 2.24) is 25.3 Å². The van der Waals surface area contributed by atoms with Crippen LogP contribution >= 0.6 is 0 Å². The first-order valence-electron chi connectivity index (χ1n) is 8.72. The number of carbonyl (C=O) groups excluding carboxylic acids is 1. The summed E-state index contributed by atoms with van der Waals surface area (Å²) in [4.78, 5) is 20.3. The van der Waals surface area contributed by atoms with E-state index in [1.807, 2.05) is 18.2 Å². The first-order valence-corrected chi connectivity index (χ1v) is 8.72. The van der Waals surface area contributed by atoms with Crippen molar-refractivity contribution < 1.29 is 9.32 Å². The Bertz CT molecular complexity index is 682. The van der Waals surface area contributed by atoms with Gasteiger partial charge in [0.2, 0.25) is 0 Å². The van der Waals surface area contributed by atoms with Gasteiger partial charge in [-0.15, -0.1) is 0 Å². The fraction of sp³-hybridized carbons (Fsp3) is 0.500. The summed E-state index contributed by atoms with van der Waals surface area (Å²) in [6.07, 6.45) is 5.93. The maximum Gasteiger partial charge on any atom is 0.317 e. The predicted octanol–water partition coefficient (Wildman–Crippen LogP) is 2.36. The van der Waals surface area contributed by atoms with Crippen LogP contribution in [0.3, 0.4) is 0 Å². The molecule has 25 heavy (non-hydrogen) atoms. The molecule has 0 saturated carbocycles. The topological polar surface area (TPSA) is 74.5 Å². The van der Waals surface area contributed by atoms with Crippen LogP contribution < -0.4 is 5.32 Å². The summed E-state index contributed by atoms with van der Waals surface area (Å²) in [5, 5.41) is 7.05. The lowest BCUT2D eigenvalue weighted by Gasteiger charge is -2.25. The Morgan fingerprint density at radius 3 is 2.80 bits per heavy atom. The van der Waals surface area contributed by atoms with Crippen molar-refractivity contribution in [1.29, 1.82) is 0 Å². The minimum atomic E-state index is -0.104. The molecular formula is C18H25N5O2. The van der Waals surface area contributed by atoms with Gasteiger partial charge in [-0.1, -0.05) is 5.16 Å². The van der Waals surface area contributed by atoms with Crippen LogP contribution in [0.5, 0.6) is 0 Å². The third-order valence-corrected chi connectivity index (χ3v) is 4.59. The zero-order valence-electron chi connectivity index (χ0n) is 14.8. The van der Waals surface area contributed by atoms with Gasteiger partial charge in [-0.2, -0.15) is 0 Å². The number of rotatable bonds is 6. The Balaban J connectivity index is 1.49. The largest absolute Gasteiger partial charge is 0.359 e. The number of urea groups is 1. The van der Waals surface area contributed by atoms with Crippen molar-refractivity contribution >= 4 is 6.03 Å². The lowest BCUT2D eigenvalue weighted by molar-refractivity contribution is 0.193. The lowest BCUT2D eigenvalue weighted by atomic mass is 10.2. The molecule has 0 spiro atoms. The van der Waals surface area contributed by atoms with E-state index >= 15 is 0 Å². The normalized spacial score (nSPS) is 15.9. The Labute approximate surface area is 148 Å². The summed E-state index contributed by atoms with van der Waals surface area (Å²) in [5.74, 6) is 0.650. The van der Waals surface area contributed by atoms with E-state index in [0.29, 0.717) is 24.9 Å². The van der Waals surface area contributed by atoms with Gasteiger partial charge in [-0.25, -0.2) is 4.79 Å². The van der Waals surface area contributed by atoms with Crippen molar-refractivity contribution in [3.05, 3.63) is 36.4 Å². The number of likely N-dealkylation sites (tertiary alicyclic amines) is 1. The van der Waals surface area contributed by atoms with E-state index in [4.69, 9.17) is 4.52 Å². The molecule has 1 atom stereocenters. The molecule has 0 radical (unpaired) electrons. The van der Waals surface area contributed by atoms with E-state index in [1.165, 1.54) is 12.8 Å². The summed E-state index contributed by atoms with van der Waals surface area (Å²) in [7, 11) is 1.75. The smallest absolute Gasteiger partial charge is 0.317 e. The molecule has 2 aromatic rings. The SMILES string of the molecule is CC(CNC(=O)N(C)Cc1cc(-c2ccncc2)no1)N1CCCC1. The second-order valence-electron chi connectivity index (χ2n) is 6.55. The van der Waals surface area contributed by atoms with E-state index in [9.17, 15) is 4.79 Å². The van der Waals surface area contributed by atoms with Gasteiger partial charge in [0.05, 0.1) is 6.54 Å². The molecule has 2 amide bonds. The van der Waals surface area contributed by atoms with Gasteiger partial charge in [-0.3, -0.25) is 9.88 Å². The van der Waals surface area contributed by atoms with Crippen LogP contribution in [0.25, 0.3) is 11.3 Å². The maximum atomic E-state index is 12.3. The van der Waals surface area contributed by atoms with Gasteiger partial charge >= 0.3 is 6.03 Å². The summed E-state index contributed by atoms with van der Waals surface area (Å²) < 4.78 is 5.35. The quantitative estimate of drug-likeness (QED) is 0.871. The highest BCUT2D eigenvalue weighted by molar-refractivity contribution is 5.73. The number of amides is 2. The molecule has 0 aliphatic carbocycles. The van der Waals surface area contributed by atoms with Crippen LogP contribution in [0, 0.1) is 0 Å². The third kappa shape index (κ3) is 4.57. The predicted molar refractivity (Wildman–Crippen MR) is 94.9 cm³/mol. The number of hydrogen-bond acceptors (Lipinski definition) is 5. The molecule has 7 nitrogen and oxygen atoms in total. The molecule has 7 heteroatoms. The molecule has 0 aromatic carbocycles. The first kappa shape index (κ1) is 17.4. The number of carbonyl (C=O) groups is 1. The summed E-state index contributed by atoms with van der Waals surface area (Å²) in [5.41, 5.74) is 1.69. The highest BCUT2D eigenvalue weighted by Gasteiger charge is 2.19. The summed E-state index contributed by atoms with van der Waals surface area (Å²) >= 11 is 0. The lowest BCUT2D eigenvalue weighted by Crippen LogP contribution is -2.44. The summed E-state index contributed by atoms with van der Waals surface area (Å²) in [6, 6.07) is 5.86. The van der Waals surface area contributed by atoms with Gasteiger partial charge in [0, 0.05) is 43.7 Å². The van der Waals surface area contributed by atoms with Gasteiger partial charge in [-0.05, 0) is 45.0 Å². The molecule has 2 aromatic heterocycles. The fourth-order valence-corrected chi connectivity index (χ4v) is 3.03. The molecule has 1 aliphatic rings. The highest BCUT2D eigenvalue weighted by atomic mass is 16.5. The minimum Gasteiger partial charge on any atom is -0.359 e. The molecule has 3 heterocycles. The number of pyridine rings is 1. The fourth-order valence-electron chi connectivity index (χ4n) is 3.03. The van der Waals surface area contributed by atoms with E-state index in [2.05, 4.69) is 27.3 Å². The van der Waals surface area contributed by atoms with E-state index in [1.54, 1.807) is 24.3 Å². The van der Waals surface area contributed by atoms with Crippen LogP contribution in [0.15, 0.2) is 35.1 Å². The average molecular weight is 343 g/mol. The van der Waals surface area contributed by atoms with Crippen LogP contribution in [0.2, 0.25) is 0 Å². The maximum absolute atomic E-state index is 12.3. The number of aromatic nitrogens is 2. The zero-order valence-corrected chi connectivity index (χ0v) is 14.8. The van der Waals surface area contributed by atoms with Crippen LogP contribution in [0.4, 0.5) is 4.79 Å². The van der Waals surface area contributed by atoms with Gasteiger partial charge < -0.3 is 14.7 Å². The van der Waals surface area contributed by atoms with Gasteiger partial charge in [0.15, 0.2) is 5.76 Å². The first-order chi connectivity index (χ1) is 12.1. The van der Waals surface area contributed by atoms with Crippen LogP contribution in [-0.4, -0.2) is 58.7 Å². The zero-order chi connectivity index (χ0) is 17.6. The van der Waals surface area contributed by atoms with E-state index in [0.717, 1.165) is 24.3 Å². The van der Waals surface area contributed by atoms with Crippen molar-refractivity contribution in [2.45, 2.75) is 32.4 Å². The summed E-state index contributed by atoms with van der Waals surface area (Å²) in [6.45, 7) is 5.44. The molecule has 1 saturated heterocycles. The van der Waals surface area contributed by atoms with Gasteiger partial charge in [0.1, 0.15) is 5.69 Å². The van der Waals surface area contributed by atoms with Crippen molar-refractivity contribution in [2.24, 2.45) is 0 Å². The second kappa shape index (κ2) is 8.11. The third-order valence-electron chi connectivity index (χ3n) is 4.59. The second-order valence-corrected chi connectivity index (χ2v) is 6.55. The Hall–Kier alpha value is -2.41. The number of hydrogen-bond donors (Lipinski definition) is 1. The molecular weight excluding hydrogens is 318 g/mol. The molecule has 0 bridgehead atoms. The van der Waals surface area contributed by atoms with E-state index < -0.39 is 0 Å². The minimum absolute atomic E-state index is 0.104. The molecule has 1 aliphatic heterocycles. The number of nitrogens with zero attached hydrogens (tertiary/aromatic N) is 4. The highest BCUT2D eigenvalue weighted by Crippen LogP contribution is 2.18. The standard InChI is InChI=1S/C18H25N5O2/c1-14(23-9-3-4-10-23)12-20-18(24)22(2)13-16-11-17(21-25-16)15-5-7-19-8-6-15/h5-8,11,14H,3-4,9-10,12-13H2,1-2H3,(H,20,24). The molecule has 134 valence electrons. The van der Waals surface area contributed by atoms with Gasteiger partial charge in [0.25, 0.3) is 0 Å². The Morgan fingerprint density at radius 2 is 2.08 bits per heavy atom. The Morgan fingerprint density at radius 1 is 1.36 bits per heavy atom. The monoisotopic (exact) mass is 343 g/mol. The molecule has 1 N–H and O–H groups in total. The number of nitrogens with one attached hydrogen (secondary N) is 1. The molecule has 1 unspecified atom stereocenters. The van der Waals surface area contributed by atoms with E-state index in [-0.39, 0.29) is 6.03 Å². The van der Waals surface area contributed by atoms with Crippen LogP contribution in [-0.2, 0) is 6.54 Å². The molecule has 3 rings (SSSR count). The van der Waals surface area contributed by atoms with Crippen molar-refractivity contribution in [3.63, 3.8) is 0 Å². The van der Waals surface area contributed by atoms with Crippen molar-refractivity contribution in [2.75, 3.05) is 26.7 Å². The van der Waals surface area contributed by atoms with Crippen molar-refractivity contribution in [3.8, 4) is 11.3 Å². The van der Waals surface area contributed by atoms with Crippen LogP contribution in [0.1, 0.15) is 25.5 Å². The average Bonchev–Trinajstić information content (AvgIpc) is 3.32.